The predicted molar refractivity (Wildman–Crippen MR) is 271 cm³/mol. The Morgan fingerprint density at radius 2 is 1.44 bits per heavy atom. The van der Waals surface area contributed by atoms with Crippen LogP contribution in [0, 0.1) is 43.6 Å². The van der Waals surface area contributed by atoms with Crippen molar-refractivity contribution in [2.45, 2.75) is 74.0 Å². The molecule has 0 amide bonds. The number of rotatable bonds is 9. The second-order valence-electron chi connectivity index (χ2n) is 19.2. The number of furan rings is 1. The molecule has 0 unspecified atom stereocenters. The maximum absolute atomic E-state index is 13.0. The first-order valence-electron chi connectivity index (χ1n) is 22.7. The molecule has 0 saturated heterocycles. The number of nitrogens with zero attached hydrogens (tertiary/aromatic N) is 4. The molecule has 0 aliphatic rings. The van der Waals surface area contributed by atoms with E-state index in [0.29, 0.717) is 17.5 Å². The number of hydrogen-bond acceptors (Lipinski definition) is 4. The molecule has 0 atom stereocenters. The van der Waals surface area contributed by atoms with Crippen molar-refractivity contribution >= 4 is 57.1 Å². The van der Waals surface area contributed by atoms with Crippen LogP contribution in [0.2, 0.25) is 19.6 Å². The van der Waals surface area contributed by atoms with E-state index in [9.17, 15) is 4.39 Å². The second-order valence-corrected chi connectivity index (χ2v) is 24.2. The topological polar surface area (TPSA) is 56.7 Å². The minimum absolute atomic E-state index is 0. The molecule has 10 aromatic rings. The summed E-state index contributed by atoms with van der Waals surface area (Å²) >= 11 is 0. The zero-order valence-corrected chi connectivity index (χ0v) is 42.6. The summed E-state index contributed by atoms with van der Waals surface area (Å²) < 4.78 is 21.9. The number of hydrogen-bond donors (Lipinski definition) is 0. The van der Waals surface area contributed by atoms with E-state index in [1.54, 1.807) is 6.07 Å². The minimum atomic E-state index is -1.41. The number of aryl methyl sites for hydroxylation is 2. The van der Waals surface area contributed by atoms with Crippen LogP contribution < -0.4 is 5.19 Å². The van der Waals surface area contributed by atoms with Crippen molar-refractivity contribution in [3.05, 3.63) is 174 Å². The Labute approximate surface area is 402 Å². The fraction of sp³-hybridized carbons (Fsp3) is 0.224. The maximum Gasteiger partial charge on any atom is 0.216 e. The van der Waals surface area contributed by atoms with Crippen LogP contribution >= 0.6 is 0 Å². The average Bonchev–Trinajstić information content (AvgIpc) is 3.85. The Morgan fingerprint density at radius 1 is 0.712 bits per heavy atom. The van der Waals surface area contributed by atoms with E-state index in [-0.39, 0.29) is 25.9 Å². The van der Waals surface area contributed by atoms with Gasteiger partial charge in [-0.3, -0.25) is 9.37 Å². The van der Waals surface area contributed by atoms with E-state index in [4.69, 9.17) is 14.4 Å². The first kappa shape index (κ1) is 46.5. The van der Waals surface area contributed by atoms with Gasteiger partial charge in [-0.05, 0) is 107 Å². The zero-order valence-electron chi connectivity index (χ0n) is 39.2. The molecule has 66 heavy (non-hydrogen) atoms. The number of pyridine rings is 2. The van der Waals surface area contributed by atoms with Crippen molar-refractivity contribution in [1.29, 1.82) is 0 Å². The maximum atomic E-state index is 13.0. The van der Waals surface area contributed by atoms with E-state index in [2.05, 4.69) is 186 Å². The van der Waals surface area contributed by atoms with Crippen LogP contribution in [0.1, 0.15) is 50.1 Å². The third-order valence-corrected chi connectivity index (χ3v) is 14.1. The van der Waals surface area contributed by atoms with Crippen molar-refractivity contribution in [2.24, 2.45) is 11.8 Å². The Bertz CT molecular complexity index is 3320. The Morgan fingerprint density at radius 3 is 2.14 bits per heavy atom. The number of fused-ring (bicyclic) bond motifs is 6. The summed E-state index contributed by atoms with van der Waals surface area (Å²) in [4.78, 5) is 14.8. The molecule has 1 radical (unpaired) electrons. The van der Waals surface area contributed by atoms with Crippen molar-refractivity contribution in [2.75, 3.05) is 0 Å². The van der Waals surface area contributed by atoms with E-state index in [1.807, 2.05) is 12.3 Å². The third kappa shape index (κ3) is 9.33. The molecule has 10 rings (SSSR count). The number of aromatic nitrogens is 4. The fourth-order valence-corrected chi connectivity index (χ4v) is 10.8. The SMILES string of the molecule is CC(C)Cc1cc(-c2[c-]cc(F)cc2)ncc1[Si](C)(C)C.Cc1cc(-c2ccccc2)cc(C)c1-n1c(-c2[c-]ccc3c2oc2nc(CC(C)C)ccc23)nc2ccc3ccccc3c21.[Ir]. The Balaban J connectivity index is 0.000000228. The molecule has 0 bridgehead atoms. The molecular weight excluding hydrogens is 1010 g/mol. The number of benzene rings is 6. The van der Waals surface area contributed by atoms with E-state index in [1.165, 1.54) is 50.5 Å². The normalized spacial score (nSPS) is 11.8. The summed E-state index contributed by atoms with van der Waals surface area (Å²) in [6.07, 6.45) is 3.99. The monoisotopic (exact) mass is 1060 g/mol. The molecule has 0 fully saturated rings. The van der Waals surface area contributed by atoms with Gasteiger partial charge in [-0.25, -0.2) is 4.98 Å². The van der Waals surface area contributed by atoms with Crippen LogP contribution in [-0.2, 0) is 32.9 Å². The molecule has 0 spiro atoms. The Hall–Kier alpha value is -6.05. The van der Waals surface area contributed by atoms with Gasteiger partial charge in [0.05, 0.1) is 30.5 Å². The van der Waals surface area contributed by atoms with Crippen molar-refractivity contribution < 1.29 is 28.9 Å². The van der Waals surface area contributed by atoms with Gasteiger partial charge < -0.3 is 14.0 Å². The van der Waals surface area contributed by atoms with Gasteiger partial charge in [0, 0.05) is 54.3 Å². The van der Waals surface area contributed by atoms with Gasteiger partial charge in [-0.15, -0.1) is 48.0 Å². The zero-order chi connectivity index (χ0) is 45.6. The predicted octanol–water partition coefficient (Wildman–Crippen LogP) is 14.9. The minimum Gasteiger partial charge on any atom is -0.486 e. The molecule has 0 N–H and O–H groups in total. The van der Waals surface area contributed by atoms with E-state index >= 15 is 0 Å². The van der Waals surface area contributed by atoms with Crippen LogP contribution in [0.15, 0.2) is 138 Å². The molecule has 4 aromatic heterocycles. The summed E-state index contributed by atoms with van der Waals surface area (Å²) in [6, 6.07) is 49.5. The summed E-state index contributed by atoms with van der Waals surface area (Å²) in [6.45, 7) is 20.3. The summed E-state index contributed by atoms with van der Waals surface area (Å²) in [5.41, 5.74) is 14.3. The van der Waals surface area contributed by atoms with Gasteiger partial charge in [-0.2, -0.15) is 0 Å². The molecule has 0 saturated carbocycles. The molecule has 5 nitrogen and oxygen atoms in total. The van der Waals surface area contributed by atoms with Gasteiger partial charge in [-0.1, -0.05) is 131 Å². The number of halogens is 1. The van der Waals surface area contributed by atoms with Gasteiger partial charge in [0.15, 0.2) is 0 Å². The standard InChI is InChI=1S/C40H32N3O.C18H23FNSi.Ir/c1-24(2)21-30-18-19-33-32-15-10-16-34(38(32)44-40(33)41-30)39-42-35-20-17-28-13-8-9-14-31(28)37(35)43(39)36-25(3)22-29(23-26(36)4)27-11-6-5-7-12-27;1-13(2)10-15-11-17(14-6-8-16(19)9-7-14)20-12-18(15)21(3,4)5;/h5-15,17-20,22-24H,21H2,1-4H3;6,8-9,11-13H,10H2,1-5H3;/q2*-1;. The molecule has 0 aliphatic heterocycles. The second kappa shape index (κ2) is 19.0. The quantitative estimate of drug-likeness (QED) is 0.107. The third-order valence-electron chi connectivity index (χ3n) is 12.0. The van der Waals surface area contributed by atoms with Crippen molar-refractivity contribution in [3.8, 4) is 39.5 Å². The fourth-order valence-electron chi connectivity index (χ4n) is 9.18. The van der Waals surface area contributed by atoms with Crippen LogP contribution in [-0.4, -0.2) is 27.6 Å². The van der Waals surface area contributed by atoms with Crippen LogP contribution in [0.3, 0.4) is 0 Å². The average molecular weight is 1060 g/mol. The van der Waals surface area contributed by atoms with Crippen LogP contribution in [0.25, 0.3) is 83.3 Å². The summed E-state index contributed by atoms with van der Waals surface area (Å²) in [5, 5.41) is 5.79. The first-order chi connectivity index (χ1) is 31.2. The summed E-state index contributed by atoms with van der Waals surface area (Å²) in [7, 11) is -1.41. The molecule has 335 valence electrons. The van der Waals surface area contributed by atoms with E-state index in [0.717, 1.165) is 79.6 Å². The first-order valence-corrected chi connectivity index (χ1v) is 26.2. The largest absolute Gasteiger partial charge is 0.486 e. The van der Waals surface area contributed by atoms with Crippen molar-refractivity contribution in [3.63, 3.8) is 0 Å². The molecule has 4 heterocycles. The molecule has 8 heteroatoms. The van der Waals surface area contributed by atoms with Crippen LogP contribution in [0.5, 0.6) is 0 Å². The van der Waals surface area contributed by atoms with Gasteiger partial charge >= 0.3 is 0 Å². The molecule has 6 aromatic carbocycles. The molecule has 0 aliphatic carbocycles. The van der Waals surface area contributed by atoms with Gasteiger partial charge in [0.2, 0.25) is 5.71 Å². The van der Waals surface area contributed by atoms with Gasteiger partial charge in [0.25, 0.3) is 0 Å². The number of imidazole rings is 1. The Kier molecular flexibility index (Phi) is 13.4. The molecular formula is C58H55FIrN4OSi-2. The van der Waals surface area contributed by atoms with Crippen molar-refractivity contribution in [1.82, 2.24) is 19.5 Å². The van der Waals surface area contributed by atoms with E-state index < -0.39 is 8.07 Å². The summed E-state index contributed by atoms with van der Waals surface area (Å²) in [5.74, 6) is 1.66. The van der Waals surface area contributed by atoms with Crippen LogP contribution in [0.4, 0.5) is 4.39 Å². The smallest absolute Gasteiger partial charge is 0.216 e. The van der Waals surface area contributed by atoms with Gasteiger partial charge in [0.1, 0.15) is 0 Å².